The molecule has 1 saturated heterocycles. The van der Waals surface area contributed by atoms with E-state index in [9.17, 15) is 4.79 Å². The molecule has 1 aliphatic rings. The first kappa shape index (κ1) is 15.9. The van der Waals surface area contributed by atoms with Crippen LogP contribution in [0.2, 0.25) is 0 Å². The Morgan fingerprint density at radius 3 is 2.43 bits per heavy atom. The molecule has 21 heavy (non-hydrogen) atoms. The summed E-state index contributed by atoms with van der Waals surface area (Å²) in [7, 11) is 1.57. The molecule has 1 aliphatic heterocycles. The van der Waals surface area contributed by atoms with Crippen LogP contribution in [0.25, 0.3) is 0 Å². The molecule has 0 saturated carbocycles. The Kier molecular flexibility index (Phi) is 4.95. The lowest BCUT2D eigenvalue weighted by Crippen LogP contribution is -2.47. The largest absolute Gasteiger partial charge is 0.492 e. The van der Waals surface area contributed by atoms with Gasteiger partial charge in [0.2, 0.25) is 0 Å². The third-order valence-corrected chi connectivity index (χ3v) is 4.86. The van der Waals surface area contributed by atoms with E-state index in [1.807, 2.05) is 0 Å². The summed E-state index contributed by atoms with van der Waals surface area (Å²) in [6.45, 7) is 9.39. The van der Waals surface area contributed by atoms with Gasteiger partial charge in [0.05, 0.1) is 7.11 Å². The van der Waals surface area contributed by atoms with Gasteiger partial charge in [-0.05, 0) is 5.92 Å². The summed E-state index contributed by atoms with van der Waals surface area (Å²) < 4.78 is 5.37. The molecule has 1 aromatic heterocycles. The van der Waals surface area contributed by atoms with Gasteiger partial charge < -0.3 is 21.1 Å². The molecule has 1 fully saturated rings. The molecule has 2 heterocycles. The van der Waals surface area contributed by atoms with Crippen molar-refractivity contribution in [2.24, 2.45) is 11.7 Å². The Morgan fingerprint density at radius 1 is 1.33 bits per heavy atom. The highest BCUT2D eigenvalue weighted by Crippen LogP contribution is 2.44. The Hall–Kier alpha value is -1.47. The van der Waals surface area contributed by atoms with Crippen molar-refractivity contribution in [3.63, 3.8) is 0 Å². The molecular formula is C14H24N4O2S. The zero-order valence-corrected chi connectivity index (χ0v) is 13.7. The average molecular weight is 312 g/mol. The zero-order chi connectivity index (χ0) is 15.6. The van der Waals surface area contributed by atoms with Gasteiger partial charge in [0, 0.05) is 32.7 Å². The van der Waals surface area contributed by atoms with E-state index in [4.69, 9.17) is 16.2 Å². The fourth-order valence-corrected chi connectivity index (χ4v) is 3.75. The number of hydrogen-bond acceptors (Lipinski definition) is 6. The minimum absolute atomic E-state index is 0.356. The molecule has 0 unspecified atom stereocenters. The zero-order valence-electron chi connectivity index (χ0n) is 12.9. The lowest BCUT2D eigenvalue weighted by molar-refractivity contribution is 0.100. The van der Waals surface area contributed by atoms with Crippen LogP contribution in [0.3, 0.4) is 0 Å². The number of primary amides is 1. The summed E-state index contributed by atoms with van der Waals surface area (Å²) in [5.41, 5.74) is 11.7. The van der Waals surface area contributed by atoms with Crippen LogP contribution >= 0.6 is 11.3 Å². The highest BCUT2D eigenvalue weighted by molar-refractivity contribution is 7.19. The van der Waals surface area contributed by atoms with E-state index in [0.717, 1.165) is 37.7 Å². The number of thiophene rings is 1. The number of nitrogens with two attached hydrogens (primary N) is 2. The molecule has 0 aliphatic carbocycles. The van der Waals surface area contributed by atoms with Gasteiger partial charge in [0.15, 0.2) is 5.75 Å². The van der Waals surface area contributed by atoms with E-state index in [1.165, 1.54) is 11.3 Å². The van der Waals surface area contributed by atoms with Crippen LogP contribution in [-0.2, 0) is 0 Å². The van der Waals surface area contributed by atoms with Gasteiger partial charge in [-0.3, -0.25) is 9.69 Å². The van der Waals surface area contributed by atoms with Crippen LogP contribution in [0, 0.1) is 5.92 Å². The molecule has 0 atom stereocenters. The Labute approximate surface area is 129 Å². The molecule has 4 N–H and O–H groups in total. The maximum absolute atomic E-state index is 11.4. The highest BCUT2D eigenvalue weighted by atomic mass is 32.1. The summed E-state index contributed by atoms with van der Waals surface area (Å²) in [6.07, 6.45) is 0. The van der Waals surface area contributed by atoms with E-state index >= 15 is 0 Å². The van der Waals surface area contributed by atoms with Crippen molar-refractivity contribution in [3.05, 3.63) is 4.88 Å². The number of anilines is 2. The van der Waals surface area contributed by atoms with Gasteiger partial charge in [-0.25, -0.2) is 0 Å². The summed E-state index contributed by atoms with van der Waals surface area (Å²) in [5.74, 6) is 0.747. The summed E-state index contributed by atoms with van der Waals surface area (Å²) in [6, 6.07) is 0. The molecular weight excluding hydrogens is 288 g/mol. The van der Waals surface area contributed by atoms with Crippen molar-refractivity contribution < 1.29 is 9.53 Å². The van der Waals surface area contributed by atoms with Crippen molar-refractivity contribution in [3.8, 4) is 5.75 Å². The standard InChI is InChI=1S/C14H24N4O2S/c1-9(2)8-17-4-6-18(7-5-17)14-11(20-3)10(15)12(21-14)13(16)19/h9H,4-8,15H2,1-3H3,(H2,16,19). The quantitative estimate of drug-likeness (QED) is 0.854. The topological polar surface area (TPSA) is 84.8 Å². The number of carbonyl (C=O) groups is 1. The van der Waals surface area contributed by atoms with Crippen LogP contribution in [-0.4, -0.2) is 50.6 Å². The second-order valence-corrected chi connectivity index (χ2v) is 6.73. The molecule has 1 amide bonds. The third-order valence-electron chi connectivity index (χ3n) is 3.59. The average Bonchev–Trinajstić information content (AvgIpc) is 2.76. The number of nitrogens with zero attached hydrogens (tertiary/aromatic N) is 2. The van der Waals surface area contributed by atoms with Gasteiger partial charge in [-0.1, -0.05) is 13.8 Å². The minimum Gasteiger partial charge on any atom is -0.492 e. The lowest BCUT2D eigenvalue weighted by Gasteiger charge is -2.36. The normalized spacial score (nSPS) is 16.5. The van der Waals surface area contributed by atoms with Gasteiger partial charge in [0.1, 0.15) is 15.6 Å². The number of amides is 1. The number of nitrogen functional groups attached to an aromatic ring is 1. The molecule has 118 valence electrons. The van der Waals surface area contributed by atoms with Crippen molar-refractivity contribution in [2.45, 2.75) is 13.8 Å². The predicted octanol–water partition coefficient (Wildman–Crippen LogP) is 1.22. The first-order valence-corrected chi connectivity index (χ1v) is 7.99. The second-order valence-electron chi connectivity index (χ2n) is 5.73. The molecule has 0 aromatic carbocycles. The van der Waals surface area contributed by atoms with Crippen molar-refractivity contribution in [1.82, 2.24) is 4.90 Å². The SMILES string of the molecule is COc1c(N2CCN(CC(C)C)CC2)sc(C(N)=O)c1N. The maximum atomic E-state index is 11.4. The lowest BCUT2D eigenvalue weighted by atomic mass is 10.2. The van der Waals surface area contributed by atoms with Crippen molar-refractivity contribution in [2.75, 3.05) is 50.5 Å². The molecule has 7 heteroatoms. The highest BCUT2D eigenvalue weighted by Gasteiger charge is 2.26. The summed E-state index contributed by atoms with van der Waals surface area (Å²) in [4.78, 5) is 16.5. The van der Waals surface area contributed by atoms with Crippen LogP contribution in [0.4, 0.5) is 10.7 Å². The fraction of sp³-hybridized carbons (Fsp3) is 0.643. The Balaban J connectivity index is 2.13. The number of rotatable bonds is 5. The van der Waals surface area contributed by atoms with E-state index in [2.05, 4.69) is 23.6 Å². The van der Waals surface area contributed by atoms with Crippen LogP contribution in [0.5, 0.6) is 5.75 Å². The molecule has 6 nitrogen and oxygen atoms in total. The van der Waals surface area contributed by atoms with Gasteiger partial charge in [-0.15, -0.1) is 11.3 Å². The fourth-order valence-electron chi connectivity index (χ4n) is 2.65. The maximum Gasteiger partial charge on any atom is 0.261 e. The molecule has 0 radical (unpaired) electrons. The van der Waals surface area contributed by atoms with E-state index < -0.39 is 5.91 Å². The first-order chi connectivity index (χ1) is 9.93. The number of methoxy groups -OCH3 is 1. The van der Waals surface area contributed by atoms with Crippen LogP contribution in [0.15, 0.2) is 0 Å². The number of ether oxygens (including phenoxy) is 1. The monoisotopic (exact) mass is 312 g/mol. The molecule has 2 rings (SSSR count). The van der Waals surface area contributed by atoms with Crippen LogP contribution in [0.1, 0.15) is 23.5 Å². The number of hydrogen-bond donors (Lipinski definition) is 2. The van der Waals surface area contributed by atoms with Crippen LogP contribution < -0.4 is 21.1 Å². The Morgan fingerprint density at radius 2 is 1.95 bits per heavy atom. The van der Waals surface area contributed by atoms with Crippen molar-refractivity contribution >= 4 is 27.9 Å². The van der Waals surface area contributed by atoms with E-state index in [-0.39, 0.29) is 0 Å². The minimum atomic E-state index is -0.500. The first-order valence-electron chi connectivity index (χ1n) is 7.17. The number of carbonyl (C=O) groups excluding carboxylic acids is 1. The molecule has 1 aromatic rings. The molecule has 0 spiro atoms. The van der Waals surface area contributed by atoms with Gasteiger partial charge >= 0.3 is 0 Å². The third kappa shape index (κ3) is 3.41. The smallest absolute Gasteiger partial charge is 0.261 e. The van der Waals surface area contributed by atoms with Gasteiger partial charge in [-0.2, -0.15) is 0 Å². The van der Waals surface area contributed by atoms with Crippen molar-refractivity contribution in [1.29, 1.82) is 0 Å². The van der Waals surface area contributed by atoms with Gasteiger partial charge in [0.25, 0.3) is 5.91 Å². The van der Waals surface area contributed by atoms with E-state index in [0.29, 0.717) is 22.2 Å². The van der Waals surface area contributed by atoms with E-state index in [1.54, 1.807) is 7.11 Å². The Bertz CT molecular complexity index is 507. The predicted molar refractivity (Wildman–Crippen MR) is 87.3 cm³/mol. The summed E-state index contributed by atoms with van der Waals surface area (Å²) >= 11 is 1.32. The summed E-state index contributed by atoms with van der Waals surface area (Å²) in [5, 5.41) is 0.910. The number of piperazine rings is 1. The second kappa shape index (κ2) is 6.53. The molecule has 0 bridgehead atoms.